The molecule has 34 heavy (non-hydrogen) atoms. The molecule has 4 aliphatic carbocycles. The topological polar surface area (TPSA) is 55.8 Å². The lowest BCUT2D eigenvalue weighted by molar-refractivity contribution is -0.171. The Morgan fingerprint density at radius 2 is 1.62 bits per heavy atom. The molecule has 0 aromatic rings. The first kappa shape index (κ1) is 23.3. The van der Waals surface area contributed by atoms with Crippen molar-refractivity contribution in [1.82, 2.24) is 0 Å². The number of rotatable bonds is 1. The summed E-state index contributed by atoms with van der Waals surface area (Å²) in [5, 5.41) is 10.8. The van der Waals surface area contributed by atoms with Gasteiger partial charge in [0.1, 0.15) is 5.60 Å². The van der Waals surface area contributed by atoms with Crippen molar-refractivity contribution >= 4 is 5.97 Å². The van der Waals surface area contributed by atoms with Crippen molar-refractivity contribution in [3.63, 3.8) is 0 Å². The van der Waals surface area contributed by atoms with Crippen LogP contribution in [0.5, 0.6) is 0 Å². The number of fused-ring (bicyclic) bond motifs is 4. The van der Waals surface area contributed by atoms with Crippen LogP contribution in [0.4, 0.5) is 0 Å². The van der Waals surface area contributed by atoms with Crippen LogP contribution in [0.1, 0.15) is 99.8 Å². The predicted octanol–water partition coefficient (Wildman–Crippen LogP) is 6.13. The van der Waals surface area contributed by atoms with Crippen molar-refractivity contribution in [3.8, 4) is 0 Å². The molecule has 2 heterocycles. The third-order valence-electron chi connectivity index (χ3n) is 12.1. The minimum Gasteiger partial charge on any atom is -0.456 e. The summed E-state index contributed by atoms with van der Waals surface area (Å²) in [6.07, 6.45) is 12.3. The van der Waals surface area contributed by atoms with E-state index in [0.29, 0.717) is 5.92 Å². The molecule has 4 nitrogen and oxygen atoms in total. The van der Waals surface area contributed by atoms with Gasteiger partial charge in [-0.2, -0.15) is 0 Å². The predicted molar refractivity (Wildman–Crippen MR) is 132 cm³/mol. The van der Waals surface area contributed by atoms with Crippen LogP contribution in [0.3, 0.4) is 0 Å². The molecule has 2 aliphatic heterocycles. The number of aliphatic hydroxyl groups is 1. The van der Waals surface area contributed by atoms with E-state index >= 15 is 0 Å². The second-order valence-corrected chi connectivity index (χ2v) is 14.4. The quantitative estimate of drug-likeness (QED) is 0.471. The molecule has 6 rings (SSSR count). The van der Waals surface area contributed by atoms with Gasteiger partial charge in [-0.1, -0.05) is 39.8 Å². The Balaban J connectivity index is 1.43. The van der Waals surface area contributed by atoms with E-state index in [-0.39, 0.29) is 45.9 Å². The first-order valence-electron chi connectivity index (χ1n) is 13.7. The van der Waals surface area contributed by atoms with Crippen LogP contribution < -0.4 is 0 Å². The van der Waals surface area contributed by atoms with Gasteiger partial charge in [0.15, 0.2) is 0 Å². The zero-order chi connectivity index (χ0) is 24.5. The number of allylic oxidation sites excluding steroid dienone is 4. The van der Waals surface area contributed by atoms with Crippen LogP contribution in [0.2, 0.25) is 0 Å². The maximum atomic E-state index is 14.0. The lowest BCUT2D eigenvalue weighted by Crippen LogP contribution is -2.55. The Morgan fingerprint density at radius 1 is 0.882 bits per heavy atom. The molecule has 2 saturated heterocycles. The van der Waals surface area contributed by atoms with E-state index in [9.17, 15) is 9.90 Å². The summed E-state index contributed by atoms with van der Waals surface area (Å²) < 4.78 is 12.9. The number of hydrogen-bond acceptors (Lipinski definition) is 4. The van der Waals surface area contributed by atoms with Crippen molar-refractivity contribution in [3.05, 3.63) is 23.3 Å². The largest absolute Gasteiger partial charge is 0.456 e. The summed E-state index contributed by atoms with van der Waals surface area (Å²) in [6.45, 7) is 15.8. The number of carbonyl (C=O) groups is 1. The molecule has 2 saturated carbocycles. The van der Waals surface area contributed by atoms with Crippen LogP contribution in [0, 0.1) is 33.5 Å². The van der Waals surface area contributed by atoms with E-state index in [2.05, 4.69) is 60.6 Å². The van der Waals surface area contributed by atoms with Crippen molar-refractivity contribution in [1.29, 1.82) is 0 Å². The minimum atomic E-state index is -0.549. The standard InChI is InChI=1S/C30H44O4/c1-25(2)14-13-23(33-25)29(7)21-11-16-28(6)19-8-9-20-26(3,4)22(31)12-15-27(20,5)18(19)10-17-30(21,28)24(32)34-29/h8,10,20-23,31H,9,11-17H2,1-7H3. The number of ether oxygens (including phenoxy) is 2. The monoisotopic (exact) mass is 468 g/mol. The van der Waals surface area contributed by atoms with Crippen molar-refractivity contribution in [2.45, 2.75) is 123 Å². The fraction of sp³-hybridized carbons (Fsp3) is 0.833. The van der Waals surface area contributed by atoms with Gasteiger partial charge in [0.2, 0.25) is 0 Å². The SMILES string of the molecule is CC1(C)CCC(C2(C)OC(=O)C34CC=C5C(=CCC6C5(C)CCC(O)C6(C)C)C3(C)CCC24)O1. The van der Waals surface area contributed by atoms with Crippen molar-refractivity contribution < 1.29 is 19.4 Å². The van der Waals surface area contributed by atoms with Gasteiger partial charge in [-0.15, -0.1) is 0 Å². The van der Waals surface area contributed by atoms with Crippen LogP contribution in [-0.2, 0) is 14.3 Å². The van der Waals surface area contributed by atoms with Gasteiger partial charge in [0, 0.05) is 11.3 Å². The van der Waals surface area contributed by atoms with Gasteiger partial charge in [0.05, 0.1) is 23.2 Å². The fourth-order valence-electron chi connectivity index (χ4n) is 10.00. The van der Waals surface area contributed by atoms with E-state index in [4.69, 9.17) is 9.47 Å². The second-order valence-electron chi connectivity index (χ2n) is 14.4. The molecule has 0 radical (unpaired) electrons. The highest BCUT2D eigenvalue weighted by atomic mass is 16.6. The number of aliphatic hydroxyl groups excluding tert-OH is 1. The second kappa shape index (κ2) is 6.59. The van der Waals surface area contributed by atoms with E-state index < -0.39 is 11.0 Å². The Kier molecular flexibility index (Phi) is 4.51. The summed E-state index contributed by atoms with van der Waals surface area (Å²) >= 11 is 0. The smallest absolute Gasteiger partial charge is 0.314 e. The minimum absolute atomic E-state index is 0.0104. The highest BCUT2D eigenvalue weighted by Crippen LogP contribution is 2.75. The highest BCUT2D eigenvalue weighted by Gasteiger charge is 2.76. The van der Waals surface area contributed by atoms with Crippen molar-refractivity contribution in [2.75, 3.05) is 0 Å². The summed E-state index contributed by atoms with van der Waals surface area (Å²) in [7, 11) is 0. The zero-order valence-electron chi connectivity index (χ0n) is 22.3. The molecule has 4 heteroatoms. The molecule has 0 amide bonds. The molecule has 1 N–H and O–H groups in total. The van der Waals surface area contributed by atoms with Gasteiger partial charge >= 0.3 is 5.97 Å². The zero-order valence-corrected chi connectivity index (χ0v) is 22.3. The average molecular weight is 469 g/mol. The molecule has 188 valence electrons. The molecule has 8 unspecified atom stereocenters. The maximum absolute atomic E-state index is 14.0. The van der Waals surface area contributed by atoms with Crippen molar-refractivity contribution in [2.24, 2.45) is 33.5 Å². The molecule has 1 spiro atoms. The van der Waals surface area contributed by atoms with E-state index in [1.165, 1.54) is 11.1 Å². The Bertz CT molecular complexity index is 1010. The van der Waals surface area contributed by atoms with Gasteiger partial charge in [-0.25, -0.2) is 0 Å². The summed E-state index contributed by atoms with van der Waals surface area (Å²) in [5.74, 6) is 0.616. The third-order valence-corrected chi connectivity index (χ3v) is 12.1. The molecule has 8 atom stereocenters. The Labute approximate surface area is 205 Å². The number of cyclic esters (lactones) is 1. The van der Waals surface area contributed by atoms with Gasteiger partial charge < -0.3 is 14.6 Å². The molecule has 0 aromatic carbocycles. The fourth-order valence-corrected chi connectivity index (χ4v) is 10.00. The molecule has 0 bridgehead atoms. The van der Waals surface area contributed by atoms with Crippen LogP contribution in [0.15, 0.2) is 23.3 Å². The number of esters is 1. The summed E-state index contributed by atoms with van der Waals surface area (Å²) in [4.78, 5) is 14.0. The maximum Gasteiger partial charge on any atom is 0.314 e. The van der Waals surface area contributed by atoms with Gasteiger partial charge in [0.25, 0.3) is 0 Å². The Hall–Kier alpha value is -1.13. The van der Waals surface area contributed by atoms with Gasteiger partial charge in [-0.3, -0.25) is 4.79 Å². The molecule has 4 fully saturated rings. The summed E-state index contributed by atoms with van der Waals surface area (Å²) in [5.41, 5.74) is 1.45. The first-order chi connectivity index (χ1) is 15.7. The average Bonchev–Trinajstić information content (AvgIpc) is 3.35. The molecule has 0 aromatic heterocycles. The molecule has 6 aliphatic rings. The normalized spacial score (nSPS) is 52.6. The van der Waals surface area contributed by atoms with E-state index in [1.54, 1.807) is 0 Å². The van der Waals surface area contributed by atoms with Crippen LogP contribution in [0.25, 0.3) is 0 Å². The summed E-state index contributed by atoms with van der Waals surface area (Å²) in [6, 6.07) is 0. The number of carbonyl (C=O) groups excluding carboxylic acids is 1. The number of hydrogen-bond donors (Lipinski definition) is 1. The third kappa shape index (κ3) is 2.50. The van der Waals surface area contributed by atoms with E-state index in [0.717, 1.165) is 51.4 Å². The van der Waals surface area contributed by atoms with E-state index in [1.807, 2.05) is 0 Å². The van der Waals surface area contributed by atoms with Crippen LogP contribution >= 0.6 is 0 Å². The lowest BCUT2D eigenvalue weighted by Gasteiger charge is -2.60. The van der Waals surface area contributed by atoms with Gasteiger partial charge in [-0.05, 0) is 100 Å². The molecular formula is C30H44O4. The lowest BCUT2D eigenvalue weighted by atomic mass is 9.44. The Morgan fingerprint density at radius 3 is 2.29 bits per heavy atom. The first-order valence-corrected chi connectivity index (χ1v) is 13.7. The molecular weight excluding hydrogens is 424 g/mol. The van der Waals surface area contributed by atoms with Crippen LogP contribution in [-0.4, -0.2) is 34.5 Å². The highest BCUT2D eigenvalue weighted by molar-refractivity contribution is 5.85.